The lowest BCUT2D eigenvalue weighted by Crippen LogP contribution is -2.52. The number of aryl methyl sites for hydroxylation is 1. The van der Waals surface area contributed by atoms with Gasteiger partial charge in [0.05, 0.1) is 22.7 Å². The van der Waals surface area contributed by atoms with E-state index >= 15 is 0 Å². The molecular formula is C28H28F2N6O2S. The molecule has 4 aromatic rings. The van der Waals surface area contributed by atoms with Crippen molar-refractivity contribution in [2.24, 2.45) is 5.41 Å². The van der Waals surface area contributed by atoms with Crippen LogP contribution in [0.25, 0.3) is 17.1 Å². The largest absolute Gasteiger partial charge is 0.237 e. The maximum Gasteiger partial charge on any atom is 0.155 e. The van der Waals surface area contributed by atoms with Crippen molar-refractivity contribution in [3.05, 3.63) is 83.2 Å². The van der Waals surface area contributed by atoms with Crippen LogP contribution in [0.4, 0.5) is 8.78 Å². The number of rotatable bonds is 6. The highest BCUT2D eigenvalue weighted by Crippen LogP contribution is 2.64. The van der Waals surface area contributed by atoms with Gasteiger partial charge in [-0.3, -0.25) is 0 Å². The highest BCUT2D eigenvalue weighted by Gasteiger charge is 2.58. The molecule has 3 aromatic heterocycles. The van der Waals surface area contributed by atoms with E-state index < -0.39 is 26.9 Å². The average Bonchev–Trinajstić information content (AvgIpc) is 3.36. The molecule has 3 heterocycles. The Morgan fingerprint density at radius 1 is 1.08 bits per heavy atom. The molecule has 0 unspecified atom stereocenters. The van der Waals surface area contributed by atoms with Crippen molar-refractivity contribution in [1.82, 2.24) is 29.9 Å². The van der Waals surface area contributed by atoms with E-state index in [9.17, 15) is 17.2 Å². The van der Waals surface area contributed by atoms with Crippen molar-refractivity contribution < 1.29 is 17.2 Å². The molecule has 1 fully saturated rings. The highest BCUT2D eigenvalue weighted by molar-refractivity contribution is 7.90. The standard InChI is InChI=1S/C28H28F2N6O2S/c1-27(2)15-17-7-10-28(27,26-19(17)14-22(33-34-26)25-20(29)5-4-6-21(25)30)18-8-11-31-24(13-18)36-16-32-23(35-36)9-12-39(3,37)38/h4-6,8,11,13-14,16-17H,7,9-10,12,15H2,1-3H3/t17-,28+/m1/s1. The fourth-order valence-electron chi connectivity index (χ4n) is 6.52. The maximum absolute atomic E-state index is 14.6. The number of hydrogen-bond donors (Lipinski definition) is 0. The summed E-state index contributed by atoms with van der Waals surface area (Å²) in [5.74, 6) is -0.158. The summed E-state index contributed by atoms with van der Waals surface area (Å²) >= 11 is 0. The van der Waals surface area contributed by atoms with E-state index in [2.05, 4.69) is 39.1 Å². The smallest absolute Gasteiger partial charge is 0.155 e. The molecule has 0 radical (unpaired) electrons. The van der Waals surface area contributed by atoms with Gasteiger partial charge >= 0.3 is 0 Å². The van der Waals surface area contributed by atoms with Crippen molar-refractivity contribution in [2.75, 3.05) is 12.0 Å². The normalized spacial score (nSPS) is 21.6. The topological polar surface area (TPSA) is 104 Å². The Kier molecular flexibility index (Phi) is 5.90. The minimum absolute atomic E-state index is 0.0306. The zero-order valence-corrected chi connectivity index (χ0v) is 22.7. The monoisotopic (exact) mass is 550 g/mol. The van der Waals surface area contributed by atoms with Gasteiger partial charge in [0, 0.05) is 24.3 Å². The molecule has 2 bridgehead atoms. The van der Waals surface area contributed by atoms with Crippen LogP contribution in [0, 0.1) is 17.0 Å². The van der Waals surface area contributed by atoms with Gasteiger partial charge in [-0.2, -0.15) is 5.10 Å². The summed E-state index contributed by atoms with van der Waals surface area (Å²) < 4.78 is 53.8. The van der Waals surface area contributed by atoms with Crippen LogP contribution in [-0.2, 0) is 21.7 Å². The van der Waals surface area contributed by atoms with Crippen molar-refractivity contribution >= 4 is 9.84 Å². The van der Waals surface area contributed by atoms with Gasteiger partial charge < -0.3 is 0 Å². The van der Waals surface area contributed by atoms with Crippen molar-refractivity contribution in [2.45, 2.75) is 50.9 Å². The van der Waals surface area contributed by atoms with Crippen LogP contribution in [0.1, 0.15) is 61.7 Å². The number of sulfone groups is 1. The first kappa shape index (κ1) is 25.7. The molecule has 0 aliphatic heterocycles. The van der Waals surface area contributed by atoms with E-state index in [1.54, 1.807) is 10.9 Å². The fourth-order valence-corrected chi connectivity index (χ4v) is 7.07. The Bertz CT molecular complexity index is 1680. The Balaban J connectivity index is 1.43. The summed E-state index contributed by atoms with van der Waals surface area (Å²) in [6.45, 7) is 4.46. The van der Waals surface area contributed by atoms with Crippen LogP contribution in [0.2, 0.25) is 0 Å². The molecule has 1 aromatic carbocycles. The number of benzene rings is 1. The Morgan fingerprint density at radius 2 is 1.85 bits per heavy atom. The molecule has 202 valence electrons. The van der Waals surface area contributed by atoms with Gasteiger partial charge in [0.15, 0.2) is 11.6 Å². The van der Waals surface area contributed by atoms with Crippen molar-refractivity contribution in [1.29, 1.82) is 0 Å². The molecule has 0 spiro atoms. The van der Waals surface area contributed by atoms with Gasteiger partial charge in [-0.25, -0.2) is 31.8 Å². The van der Waals surface area contributed by atoms with Gasteiger partial charge in [-0.1, -0.05) is 19.9 Å². The second-order valence-electron chi connectivity index (χ2n) is 11.2. The SMILES string of the molecule is CC1(C)C[C@H]2CC[C@]1(c1ccnc(-n3cnc(CCS(C)(=O)=O)n3)c1)c1nnc(-c3c(F)cccc3F)cc12. The number of aromatic nitrogens is 6. The number of halogens is 2. The fraction of sp³-hybridized carbons (Fsp3) is 0.393. The molecule has 8 nitrogen and oxygen atoms in total. The van der Waals surface area contributed by atoms with Crippen molar-refractivity contribution in [3.8, 4) is 17.1 Å². The van der Waals surface area contributed by atoms with E-state index in [0.29, 0.717) is 11.6 Å². The van der Waals surface area contributed by atoms with Gasteiger partial charge in [-0.05, 0) is 72.1 Å². The minimum Gasteiger partial charge on any atom is -0.237 e. The molecule has 3 aliphatic rings. The highest BCUT2D eigenvalue weighted by atomic mass is 32.2. The first-order valence-corrected chi connectivity index (χ1v) is 14.9. The Morgan fingerprint density at radius 3 is 2.56 bits per heavy atom. The predicted octanol–water partition coefficient (Wildman–Crippen LogP) is 4.58. The third kappa shape index (κ3) is 4.23. The van der Waals surface area contributed by atoms with E-state index in [1.165, 1.54) is 30.8 Å². The molecule has 7 rings (SSSR count). The lowest BCUT2D eigenvalue weighted by atomic mass is 9.46. The lowest BCUT2D eigenvalue weighted by molar-refractivity contribution is 0.0844. The van der Waals surface area contributed by atoms with Gasteiger partial charge in [0.25, 0.3) is 0 Å². The molecule has 39 heavy (non-hydrogen) atoms. The van der Waals surface area contributed by atoms with E-state index in [0.717, 1.165) is 36.1 Å². The average molecular weight is 551 g/mol. The molecular weight excluding hydrogens is 522 g/mol. The van der Waals surface area contributed by atoms with E-state index in [1.807, 2.05) is 18.2 Å². The molecule has 1 saturated carbocycles. The van der Waals surface area contributed by atoms with Gasteiger partial charge in [0.1, 0.15) is 27.8 Å². The van der Waals surface area contributed by atoms with Crippen LogP contribution < -0.4 is 0 Å². The molecule has 0 amide bonds. The number of nitrogens with zero attached hydrogens (tertiary/aromatic N) is 6. The quantitative estimate of drug-likeness (QED) is 0.346. The number of fused-ring (bicyclic) bond motifs is 2. The second kappa shape index (κ2) is 8.97. The summed E-state index contributed by atoms with van der Waals surface area (Å²) in [5.41, 5.74) is 2.19. The number of pyridine rings is 1. The van der Waals surface area contributed by atoms with Gasteiger partial charge in [-0.15, -0.1) is 10.2 Å². The summed E-state index contributed by atoms with van der Waals surface area (Å²) in [5, 5.41) is 13.5. The van der Waals surface area contributed by atoms with Crippen LogP contribution in [0.5, 0.6) is 0 Å². The van der Waals surface area contributed by atoms with Crippen LogP contribution >= 0.6 is 0 Å². The lowest BCUT2D eigenvalue weighted by Gasteiger charge is -2.57. The predicted molar refractivity (Wildman–Crippen MR) is 141 cm³/mol. The molecule has 11 heteroatoms. The zero-order valence-electron chi connectivity index (χ0n) is 21.9. The Labute approximate surface area is 225 Å². The summed E-state index contributed by atoms with van der Waals surface area (Å²) in [4.78, 5) is 8.77. The molecule has 0 saturated heterocycles. The summed E-state index contributed by atoms with van der Waals surface area (Å²) in [6, 6.07) is 9.55. The number of hydrogen-bond acceptors (Lipinski definition) is 7. The van der Waals surface area contributed by atoms with Crippen LogP contribution in [0.15, 0.2) is 48.9 Å². The van der Waals surface area contributed by atoms with Crippen LogP contribution in [-0.4, -0.2) is 50.4 Å². The molecule has 0 N–H and O–H groups in total. The maximum atomic E-state index is 14.6. The van der Waals surface area contributed by atoms with E-state index in [4.69, 9.17) is 0 Å². The van der Waals surface area contributed by atoms with Gasteiger partial charge in [0.2, 0.25) is 0 Å². The first-order valence-electron chi connectivity index (χ1n) is 12.9. The minimum atomic E-state index is -3.13. The summed E-state index contributed by atoms with van der Waals surface area (Å²) in [7, 11) is -3.13. The third-order valence-corrected chi connectivity index (χ3v) is 9.32. The summed E-state index contributed by atoms with van der Waals surface area (Å²) in [6.07, 6.45) is 7.32. The molecule has 2 atom stereocenters. The zero-order chi connectivity index (χ0) is 27.6. The third-order valence-electron chi connectivity index (χ3n) is 8.37. The van der Waals surface area contributed by atoms with E-state index in [-0.39, 0.29) is 34.8 Å². The Hall–Kier alpha value is -3.60. The molecule has 3 aliphatic carbocycles. The van der Waals surface area contributed by atoms with Crippen molar-refractivity contribution in [3.63, 3.8) is 0 Å². The van der Waals surface area contributed by atoms with Crippen LogP contribution in [0.3, 0.4) is 0 Å². The first-order chi connectivity index (χ1) is 18.5. The second-order valence-corrected chi connectivity index (χ2v) is 13.5.